The zero-order valence-corrected chi connectivity index (χ0v) is 18.6. The number of halogens is 1. The molecule has 0 aliphatic heterocycles. The number of pyridine rings is 1. The number of anilines is 1. The number of nitrogens with one attached hydrogen (secondary N) is 2. The number of fused-ring (bicyclic) bond motifs is 1. The highest BCUT2D eigenvalue weighted by Gasteiger charge is 2.20. The van der Waals surface area contributed by atoms with E-state index in [2.05, 4.69) is 49.4 Å². The minimum atomic E-state index is -0.532. The summed E-state index contributed by atoms with van der Waals surface area (Å²) in [6.45, 7) is 4.94. The molecule has 8 nitrogen and oxygen atoms in total. The highest BCUT2D eigenvalue weighted by atomic mass is 19.1. The molecule has 0 fully saturated rings. The Bertz CT molecular complexity index is 1280. The second-order valence-corrected chi connectivity index (χ2v) is 7.85. The standard InChI is InChI=1S/C24H24FN7O/c1-14(10-28-21-9-19(29-12-30-21)16-7-8-20(25)27-11-16)15(2)17-5-4-6-18-22(17)31-13-32-23(18)24(33)26-3/h4-9,11-15H,10H2,1-3H3,(H,26,33)(H,28,29,30). The lowest BCUT2D eigenvalue weighted by Crippen LogP contribution is -2.20. The molecule has 0 saturated carbocycles. The smallest absolute Gasteiger partial charge is 0.270 e. The van der Waals surface area contributed by atoms with Crippen molar-refractivity contribution in [3.63, 3.8) is 0 Å². The lowest BCUT2D eigenvalue weighted by molar-refractivity contribution is 0.0960. The van der Waals surface area contributed by atoms with Crippen LogP contribution in [0.2, 0.25) is 0 Å². The highest BCUT2D eigenvalue weighted by Crippen LogP contribution is 2.30. The van der Waals surface area contributed by atoms with Gasteiger partial charge >= 0.3 is 0 Å². The average molecular weight is 446 g/mol. The molecule has 2 unspecified atom stereocenters. The number of carbonyl (C=O) groups is 1. The van der Waals surface area contributed by atoms with Gasteiger partial charge in [0.2, 0.25) is 5.95 Å². The number of benzene rings is 1. The Labute approximate surface area is 190 Å². The van der Waals surface area contributed by atoms with E-state index in [4.69, 9.17) is 0 Å². The number of amides is 1. The first kappa shape index (κ1) is 22.2. The van der Waals surface area contributed by atoms with Crippen molar-refractivity contribution in [1.29, 1.82) is 0 Å². The van der Waals surface area contributed by atoms with Crippen molar-refractivity contribution in [1.82, 2.24) is 30.2 Å². The molecule has 0 spiro atoms. The summed E-state index contributed by atoms with van der Waals surface area (Å²) >= 11 is 0. The minimum Gasteiger partial charge on any atom is -0.370 e. The number of hydrogen-bond donors (Lipinski definition) is 2. The molecule has 1 aromatic carbocycles. The molecule has 3 aromatic heterocycles. The lowest BCUT2D eigenvalue weighted by Gasteiger charge is -2.22. The van der Waals surface area contributed by atoms with Crippen molar-refractivity contribution in [2.24, 2.45) is 5.92 Å². The molecule has 0 saturated heterocycles. The summed E-state index contributed by atoms with van der Waals surface area (Å²) in [6.07, 6.45) is 4.34. The van der Waals surface area contributed by atoms with E-state index in [1.807, 2.05) is 24.3 Å². The molecule has 2 N–H and O–H groups in total. The van der Waals surface area contributed by atoms with Crippen LogP contribution in [0, 0.1) is 11.9 Å². The van der Waals surface area contributed by atoms with Crippen LogP contribution in [-0.4, -0.2) is 44.4 Å². The minimum absolute atomic E-state index is 0.149. The second kappa shape index (κ2) is 9.64. The quantitative estimate of drug-likeness (QED) is 0.417. The first-order valence-corrected chi connectivity index (χ1v) is 10.6. The third-order valence-electron chi connectivity index (χ3n) is 5.78. The van der Waals surface area contributed by atoms with Crippen molar-refractivity contribution >= 4 is 22.6 Å². The fraction of sp³-hybridized carbons (Fsp3) is 0.250. The van der Waals surface area contributed by atoms with Crippen molar-refractivity contribution in [2.45, 2.75) is 19.8 Å². The number of rotatable bonds is 7. The summed E-state index contributed by atoms with van der Waals surface area (Å²) in [7, 11) is 1.58. The van der Waals surface area contributed by atoms with Gasteiger partial charge in [0.15, 0.2) is 0 Å². The molecular weight excluding hydrogens is 421 g/mol. The van der Waals surface area contributed by atoms with E-state index in [9.17, 15) is 9.18 Å². The van der Waals surface area contributed by atoms with E-state index < -0.39 is 5.95 Å². The van der Waals surface area contributed by atoms with Crippen LogP contribution < -0.4 is 10.6 Å². The van der Waals surface area contributed by atoms with Gasteiger partial charge in [-0.2, -0.15) is 4.39 Å². The number of aromatic nitrogens is 5. The Kier molecular flexibility index (Phi) is 6.48. The molecule has 168 valence electrons. The molecule has 2 atom stereocenters. The summed E-state index contributed by atoms with van der Waals surface area (Å²) in [6, 6.07) is 10.6. The van der Waals surface area contributed by atoms with Crippen LogP contribution in [-0.2, 0) is 0 Å². The van der Waals surface area contributed by atoms with E-state index in [0.29, 0.717) is 29.3 Å². The normalized spacial score (nSPS) is 12.8. The number of carbonyl (C=O) groups excluding carboxylic acids is 1. The van der Waals surface area contributed by atoms with E-state index in [1.54, 1.807) is 13.1 Å². The fourth-order valence-electron chi connectivity index (χ4n) is 3.67. The van der Waals surface area contributed by atoms with Crippen LogP contribution in [0.1, 0.15) is 35.8 Å². The maximum atomic E-state index is 13.1. The molecule has 4 rings (SSSR count). The van der Waals surface area contributed by atoms with Gasteiger partial charge in [-0.05, 0) is 29.5 Å². The van der Waals surface area contributed by atoms with E-state index in [-0.39, 0.29) is 17.7 Å². The summed E-state index contributed by atoms with van der Waals surface area (Å²) in [5.74, 6) is 0.273. The molecule has 4 aromatic rings. The third-order valence-corrected chi connectivity index (χ3v) is 5.78. The van der Waals surface area contributed by atoms with Crippen LogP contribution in [0.15, 0.2) is 55.2 Å². The zero-order chi connectivity index (χ0) is 23.4. The lowest BCUT2D eigenvalue weighted by atomic mass is 9.87. The average Bonchev–Trinajstić information content (AvgIpc) is 2.86. The Morgan fingerprint density at radius 2 is 1.85 bits per heavy atom. The second-order valence-electron chi connectivity index (χ2n) is 7.85. The third kappa shape index (κ3) is 4.77. The summed E-state index contributed by atoms with van der Waals surface area (Å²) in [5.41, 5.74) is 3.57. The molecular formula is C24H24FN7O. The molecule has 9 heteroatoms. The van der Waals surface area contributed by atoms with Crippen molar-refractivity contribution in [3.05, 3.63) is 72.5 Å². The highest BCUT2D eigenvalue weighted by molar-refractivity contribution is 6.04. The number of hydrogen-bond acceptors (Lipinski definition) is 7. The van der Waals surface area contributed by atoms with Crippen LogP contribution in [0.5, 0.6) is 0 Å². The first-order chi connectivity index (χ1) is 16.0. The van der Waals surface area contributed by atoms with E-state index in [1.165, 1.54) is 24.9 Å². The topological polar surface area (TPSA) is 106 Å². The van der Waals surface area contributed by atoms with Gasteiger partial charge < -0.3 is 10.6 Å². The van der Waals surface area contributed by atoms with Crippen molar-refractivity contribution in [2.75, 3.05) is 18.9 Å². The van der Waals surface area contributed by atoms with Crippen LogP contribution >= 0.6 is 0 Å². The van der Waals surface area contributed by atoms with Gasteiger partial charge in [0, 0.05) is 36.8 Å². The molecule has 0 bridgehead atoms. The molecule has 1 amide bonds. The maximum Gasteiger partial charge on any atom is 0.270 e. The summed E-state index contributed by atoms with van der Waals surface area (Å²) in [5, 5.41) is 6.72. The Hall–Kier alpha value is -4.01. The van der Waals surface area contributed by atoms with Crippen molar-refractivity contribution in [3.8, 4) is 11.3 Å². The fourth-order valence-corrected chi connectivity index (χ4v) is 3.67. The predicted molar refractivity (Wildman–Crippen MR) is 124 cm³/mol. The zero-order valence-electron chi connectivity index (χ0n) is 18.6. The van der Waals surface area contributed by atoms with Gasteiger partial charge in [0.05, 0.1) is 11.2 Å². The predicted octanol–water partition coefficient (Wildman–Crippen LogP) is 3.83. The maximum absolute atomic E-state index is 13.1. The van der Waals surface area contributed by atoms with Crippen molar-refractivity contribution < 1.29 is 9.18 Å². The van der Waals surface area contributed by atoms with E-state index >= 15 is 0 Å². The monoisotopic (exact) mass is 445 g/mol. The first-order valence-electron chi connectivity index (χ1n) is 10.6. The van der Waals surface area contributed by atoms with E-state index in [0.717, 1.165) is 16.5 Å². The summed E-state index contributed by atoms with van der Waals surface area (Å²) < 4.78 is 13.1. The van der Waals surface area contributed by atoms with Gasteiger partial charge in [-0.25, -0.2) is 24.9 Å². The van der Waals surface area contributed by atoms with Gasteiger partial charge in [-0.1, -0.05) is 32.0 Å². The molecule has 0 aliphatic carbocycles. The largest absolute Gasteiger partial charge is 0.370 e. The Balaban J connectivity index is 1.51. The Morgan fingerprint density at radius 1 is 1.03 bits per heavy atom. The Morgan fingerprint density at radius 3 is 2.61 bits per heavy atom. The number of nitrogens with zero attached hydrogens (tertiary/aromatic N) is 5. The molecule has 0 radical (unpaired) electrons. The molecule has 3 heterocycles. The van der Waals surface area contributed by atoms with Gasteiger partial charge in [-0.15, -0.1) is 0 Å². The van der Waals surface area contributed by atoms with Gasteiger partial charge in [-0.3, -0.25) is 4.79 Å². The van der Waals surface area contributed by atoms with Gasteiger partial charge in [0.1, 0.15) is 24.2 Å². The van der Waals surface area contributed by atoms with Gasteiger partial charge in [0.25, 0.3) is 5.91 Å². The number of para-hydroxylation sites is 1. The molecule has 0 aliphatic rings. The SMILES string of the molecule is CNC(=O)c1ncnc2c(C(C)C(C)CNc3cc(-c4ccc(F)nc4)ncn3)cccc12. The molecule has 33 heavy (non-hydrogen) atoms. The van der Waals surface area contributed by atoms with Crippen LogP contribution in [0.25, 0.3) is 22.2 Å². The summed E-state index contributed by atoms with van der Waals surface area (Å²) in [4.78, 5) is 33.1. The van der Waals surface area contributed by atoms with Crippen LogP contribution in [0.3, 0.4) is 0 Å². The van der Waals surface area contributed by atoms with Crippen LogP contribution in [0.4, 0.5) is 10.2 Å².